The van der Waals surface area contributed by atoms with Crippen molar-refractivity contribution in [1.82, 2.24) is 13.9 Å². The number of hydrogen-bond acceptors (Lipinski definition) is 7. The molecule has 0 aliphatic carbocycles. The van der Waals surface area contributed by atoms with Crippen molar-refractivity contribution < 1.29 is 26.4 Å². The van der Waals surface area contributed by atoms with Gasteiger partial charge in [0.25, 0.3) is 0 Å². The van der Waals surface area contributed by atoms with Crippen molar-refractivity contribution >= 4 is 42.7 Å². The smallest absolute Gasteiger partial charge is 0.338 e. The summed E-state index contributed by atoms with van der Waals surface area (Å²) in [5, 5.41) is 0. The summed E-state index contributed by atoms with van der Waals surface area (Å²) < 4.78 is 58.2. The highest BCUT2D eigenvalue weighted by Crippen LogP contribution is 2.23. The fourth-order valence-electron chi connectivity index (χ4n) is 3.13. The van der Waals surface area contributed by atoms with Crippen LogP contribution >= 0.6 is 0 Å². The number of carbonyl (C=O) groups excluding carboxylic acids is 1. The van der Waals surface area contributed by atoms with Gasteiger partial charge >= 0.3 is 5.97 Å². The topological polar surface area (TPSA) is 128 Å². The van der Waals surface area contributed by atoms with E-state index in [1.807, 2.05) is 11.5 Å². The van der Waals surface area contributed by atoms with Gasteiger partial charge in [-0.3, -0.25) is 4.72 Å². The van der Waals surface area contributed by atoms with Crippen molar-refractivity contribution in [3.05, 3.63) is 53.9 Å². The second-order valence-corrected chi connectivity index (χ2v) is 11.1. The molecule has 3 rings (SSSR count). The van der Waals surface area contributed by atoms with Gasteiger partial charge in [-0.1, -0.05) is 6.07 Å². The van der Waals surface area contributed by atoms with Crippen LogP contribution in [0.1, 0.15) is 23.1 Å². The first kappa shape index (κ1) is 23.7. The lowest BCUT2D eigenvalue weighted by Gasteiger charge is -2.11. The monoisotopic (exact) mass is 480 g/mol. The fraction of sp³-hybridized carbons (Fsp3) is 0.300. The van der Waals surface area contributed by atoms with Crippen molar-refractivity contribution in [3.8, 4) is 0 Å². The molecule has 2 aromatic carbocycles. The van der Waals surface area contributed by atoms with Crippen molar-refractivity contribution in [2.45, 2.75) is 25.0 Å². The number of nitrogens with zero attached hydrogens (tertiary/aromatic N) is 3. The van der Waals surface area contributed by atoms with Gasteiger partial charge in [0.2, 0.25) is 20.0 Å². The van der Waals surface area contributed by atoms with E-state index in [0.29, 0.717) is 17.9 Å². The molecule has 10 nitrogen and oxygen atoms in total. The lowest BCUT2D eigenvalue weighted by molar-refractivity contribution is 0.0458. The van der Waals surface area contributed by atoms with Crippen LogP contribution in [0.2, 0.25) is 0 Å². The number of rotatable bonds is 8. The van der Waals surface area contributed by atoms with Gasteiger partial charge < -0.3 is 9.30 Å². The molecule has 172 valence electrons. The maximum absolute atomic E-state index is 12.5. The average Bonchev–Trinajstić information content (AvgIpc) is 3.07. The third-order valence-electron chi connectivity index (χ3n) is 4.63. The van der Waals surface area contributed by atoms with E-state index in [1.165, 1.54) is 50.5 Å². The Balaban J connectivity index is 1.84. The highest BCUT2D eigenvalue weighted by Gasteiger charge is 2.20. The number of sulfonamides is 2. The number of anilines is 1. The maximum atomic E-state index is 12.5. The molecular formula is C20H24N4O6S2. The van der Waals surface area contributed by atoms with Crippen LogP contribution < -0.4 is 4.72 Å². The summed E-state index contributed by atoms with van der Waals surface area (Å²) in [6, 6.07) is 10.6. The van der Waals surface area contributed by atoms with Gasteiger partial charge in [0.1, 0.15) is 12.4 Å². The largest absolute Gasteiger partial charge is 0.454 e. The summed E-state index contributed by atoms with van der Waals surface area (Å²) in [7, 11) is -4.18. The molecule has 0 radical (unpaired) electrons. The Morgan fingerprint density at radius 1 is 1.12 bits per heavy atom. The number of imidazole rings is 1. The van der Waals surface area contributed by atoms with E-state index in [1.54, 1.807) is 6.07 Å². The van der Waals surface area contributed by atoms with Gasteiger partial charge in [-0.05, 0) is 43.3 Å². The molecule has 0 saturated heterocycles. The molecule has 1 heterocycles. The van der Waals surface area contributed by atoms with E-state index in [2.05, 4.69) is 9.71 Å². The number of ether oxygens (including phenoxy) is 1. The van der Waals surface area contributed by atoms with E-state index in [4.69, 9.17) is 4.74 Å². The lowest BCUT2D eigenvalue weighted by atomic mass is 10.2. The molecule has 0 atom stereocenters. The number of fused-ring (bicyclic) bond motifs is 1. The van der Waals surface area contributed by atoms with Gasteiger partial charge in [-0.25, -0.2) is 30.9 Å². The number of hydrogen-bond donors (Lipinski definition) is 1. The molecule has 12 heteroatoms. The molecule has 0 saturated carbocycles. The summed E-state index contributed by atoms with van der Waals surface area (Å²) in [6.07, 6.45) is 1.02. The Hall–Kier alpha value is -2.96. The molecule has 0 aliphatic heterocycles. The SMILES string of the molecule is CCn1c(COC(=O)c2cccc(NS(C)(=O)=O)c2)nc2cc(S(=O)(=O)N(C)C)ccc21. The normalized spacial score (nSPS) is 12.3. The highest BCUT2D eigenvalue weighted by molar-refractivity contribution is 7.92. The number of carbonyl (C=O) groups is 1. The van der Waals surface area contributed by atoms with E-state index >= 15 is 0 Å². The zero-order chi connectivity index (χ0) is 23.7. The Kier molecular flexibility index (Phi) is 6.58. The molecule has 3 aromatic rings. The van der Waals surface area contributed by atoms with Crippen molar-refractivity contribution in [1.29, 1.82) is 0 Å². The summed E-state index contributed by atoms with van der Waals surface area (Å²) in [5.41, 5.74) is 1.62. The molecule has 0 amide bonds. The van der Waals surface area contributed by atoms with E-state index in [0.717, 1.165) is 16.1 Å². The molecular weight excluding hydrogens is 456 g/mol. The van der Waals surface area contributed by atoms with Crippen LogP contribution in [0.3, 0.4) is 0 Å². The number of aromatic nitrogens is 2. The third-order valence-corrected chi connectivity index (χ3v) is 7.05. The standard InChI is InChI=1S/C20H24N4O6S2/c1-5-24-18-10-9-16(32(28,29)23(2)3)12-17(18)21-19(24)13-30-20(25)14-7-6-8-15(11-14)22-31(4,26)27/h6-12,22H,5,13H2,1-4H3. The second-order valence-electron chi connectivity index (χ2n) is 7.24. The molecule has 32 heavy (non-hydrogen) atoms. The Labute approximate surface area is 186 Å². The van der Waals surface area contributed by atoms with Gasteiger partial charge in [0.05, 0.1) is 27.7 Å². The van der Waals surface area contributed by atoms with Crippen LogP contribution in [0, 0.1) is 0 Å². The Bertz CT molecular complexity index is 1380. The minimum absolute atomic E-state index is 0.120. The van der Waals surface area contributed by atoms with E-state index in [9.17, 15) is 21.6 Å². The van der Waals surface area contributed by atoms with Crippen LogP contribution in [0.4, 0.5) is 5.69 Å². The minimum atomic E-state index is -3.61. The van der Waals surface area contributed by atoms with E-state index in [-0.39, 0.29) is 22.8 Å². The summed E-state index contributed by atoms with van der Waals surface area (Å²) in [5.74, 6) is -0.187. The van der Waals surface area contributed by atoms with Crippen LogP contribution in [0.25, 0.3) is 11.0 Å². The summed E-state index contributed by atoms with van der Waals surface area (Å²) >= 11 is 0. The molecule has 0 fully saturated rings. The molecule has 0 bridgehead atoms. The average molecular weight is 481 g/mol. The molecule has 1 N–H and O–H groups in total. The van der Waals surface area contributed by atoms with Gasteiger partial charge in [-0.2, -0.15) is 0 Å². The number of nitrogens with one attached hydrogen (secondary N) is 1. The molecule has 1 aromatic heterocycles. The first-order valence-electron chi connectivity index (χ1n) is 9.59. The molecule has 0 unspecified atom stereocenters. The second kappa shape index (κ2) is 8.88. The zero-order valence-corrected chi connectivity index (χ0v) is 19.7. The van der Waals surface area contributed by atoms with Crippen molar-refractivity contribution in [3.63, 3.8) is 0 Å². The zero-order valence-electron chi connectivity index (χ0n) is 18.1. The molecule has 0 spiro atoms. The van der Waals surface area contributed by atoms with Crippen LogP contribution in [0.5, 0.6) is 0 Å². The van der Waals surface area contributed by atoms with Crippen LogP contribution in [-0.4, -0.2) is 57.0 Å². The summed E-state index contributed by atoms with van der Waals surface area (Å²) in [6.45, 7) is 2.30. The van der Waals surface area contributed by atoms with E-state index < -0.39 is 26.0 Å². The Morgan fingerprint density at radius 3 is 2.47 bits per heavy atom. The van der Waals surface area contributed by atoms with Crippen molar-refractivity contribution in [2.24, 2.45) is 0 Å². The Morgan fingerprint density at radius 2 is 1.84 bits per heavy atom. The number of aryl methyl sites for hydroxylation is 1. The quantitative estimate of drug-likeness (QED) is 0.489. The fourth-order valence-corrected chi connectivity index (χ4v) is 4.61. The predicted molar refractivity (Wildman–Crippen MR) is 120 cm³/mol. The van der Waals surface area contributed by atoms with Crippen molar-refractivity contribution in [2.75, 3.05) is 25.1 Å². The highest BCUT2D eigenvalue weighted by atomic mass is 32.2. The lowest BCUT2D eigenvalue weighted by Crippen LogP contribution is -2.22. The molecule has 0 aliphatic rings. The van der Waals surface area contributed by atoms with Crippen LogP contribution in [-0.2, 0) is 37.9 Å². The first-order chi connectivity index (χ1) is 14.9. The van der Waals surface area contributed by atoms with Gasteiger partial charge in [0.15, 0.2) is 0 Å². The van der Waals surface area contributed by atoms with Gasteiger partial charge in [-0.15, -0.1) is 0 Å². The van der Waals surface area contributed by atoms with Gasteiger partial charge in [0, 0.05) is 26.3 Å². The number of esters is 1. The third kappa shape index (κ3) is 5.09. The number of benzene rings is 2. The maximum Gasteiger partial charge on any atom is 0.338 e. The first-order valence-corrected chi connectivity index (χ1v) is 12.9. The van der Waals surface area contributed by atoms with Crippen LogP contribution in [0.15, 0.2) is 47.4 Å². The predicted octanol–water partition coefficient (Wildman–Crippen LogP) is 2.04. The minimum Gasteiger partial charge on any atom is -0.454 e. The summed E-state index contributed by atoms with van der Waals surface area (Å²) in [4.78, 5) is 17.1.